The summed E-state index contributed by atoms with van der Waals surface area (Å²) in [7, 11) is 1.66. The standard InChI is InChI=1S/C14H23NO2S/c1-3-18-12-4-9-15-10-11-17-14-7-5-13(16-2)6-8-14/h5-8,15H,3-4,9-12H2,1-2H3. The van der Waals surface area contributed by atoms with Gasteiger partial charge in [0.05, 0.1) is 7.11 Å². The lowest BCUT2D eigenvalue weighted by atomic mass is 10.3. The van der Waals surface area contributed by atoms with Gasteiger partial charge in [-0.05, 0) is 48.7 Å². The number of thioether (sulfide) groups is 1. The first-order chi connectivity index (χ1) is 8.86. The molecule has 0 atom stereocenters. The number of benzene rings is 1. The van der Waals surface area contributed by atoms with Crippen LogP contribution >= 0.6 is 11.8 Å². The van der Waals surface area contributed by atoms with Crippen molar-refractivity contribution < 1.29 is 9.47 Å². The van der Waals surface area contributed by atoms with Crippen LogP contribution in [0.2, 0.25) is 0 Å². The molecule has 0 fully saturated rings. The Labute approximate surface area is 114 Å². The van der Waals surface area contributed by atoms with Crippen molar-refractivity contribution in [3.8, 4) is 11.5 Å². The fourth-order valence-electron chi connectivity index (χ4n) is 1.48. The summed E-state index contributed by atoms with van der Waals surface area (Å²) in [6, 6.07) is 7.67. The molecule has 0 heterocycles. The Kier molecular flexibility index (Phi) is 8.51. The highest BCUT2D eigenvalue weighted by Gasteiger charge is 1.95. The lowest BCUT2D eigenvalue weighted by molar-refractivity contribution is 0.313. The van der Waals surface area contributed by atoms with Crippen molar-refractivity contribution in [1.82, 2.24) is 5.32 Å². The minimum absolute atomic E-state index is 0.702. The maximum atomic E-state index is 5.61. The zero-order valence-corrected chi connectivity index (χ0v) is 12.1. The molecule has 0 spiro atoms. The van der Waals surface area contributed by atoms with Crippen molar-refractivity contribution in [2.75, 3.05) is 38.3 Å². The van der Waals surface area contributed by atoms with Crippen LogP contribution in [0.5, 0.6) is 11.5 Å². The Balaban J connectivity index is 2.00. The highest BCUT2D eigenvalue weighted by Crippen LogP contribution is 2.16. The molecule has 0 saturated heterocycles. The molecular weight excluding hydrogens is 246 g/mol. The Morgan fingerprint density at radius 2 is 1.83 bits per heavy atom. The second-order valence-corrected chi connectivity index (χ2v) is 5.22. The largest absolute Gasteiger partial charge is 0.497 e. The van der Waals surface area contributed by atoms with Crippen molar-refractivity contribution in [3.63, 3.8) is 0 Å². The van der Waals surface area contributed by atoms with E-state index < -0.39 is 0 Å². The Hall–Kier alpha value is -0.870. The predicted octanol–water partition coefficient (Wildman–Crippen LogP) is 2.81. The molecule has 0 aromatic heterocycles. The van der Waals surface area contributed by atoms with Crippen LogP contribution in [-0.4, -0.2) is 38.3 Å². The molecule has 18 heavy (non-hydrogen) atoms. The maximum absolute atomic E-state index is 5.61. The van der Waals surface area contributed by atoms with Crippen LogP contribution in [0, 0.1) is 0 Å². The molecule has 0 bridgehead atoms. The minimum atomic E-state index is 0.702. The Bertz CT molecular complexity index is 303. The van der Waals surface area contributed by atoms with Crippen molar-refractivity contribution >= 4 is 11.8 Å². The van der Waals surface area contributed by atoms with Gasteiger partial charge < -0.3 is 14.8 Å². The normalized spacial score (nSPS) is 10.3. The molecule has 1 N–H and O–H groups in total. The molecule has 4 heteroatoms. The second kappa shape index (κ2) is 10.1. The lowest BCUT2D eigenvalue weighted by Gasteiger charge is -2.08. The summed E-state index contributed by atoms with van der Waals surface area (Å²) in [4.78, 5) is 0. The third kappa shape index (κ3) is 6.77. The van der Waals surface area contributed by atoms with Crippen molar-refractivity contribution in [2.24, 2.45) is 0 Å². The summed E-state index contributed by atoms with van der Waals surface area (Å²) in [5.74, 6) is 4.19. The molecule has 102 valence electrons. The first-order valence-corrected chi connectivity index (χ1v) is 7.57. The van der Waals surface area contributed by atoms with Gasteiger partial charge in [0.15, 0.2) is 0 Å². The van der Waals surface area contributed by atoms with E-state index in [0.29, 0.717) is 6.61 Å². The van der Waals surface area contributed by atoms with E-state index in [1.54, 1.807) is 7.11 Å². The summed E-state index contributed by atoms with van der Waals surface area (Å²) < 4.78 is 10.7. The van der Waals surface area contributed by atoms with E-state index in [-0.39, 0.29) is 0 Å². The zero-order chi connectivity index (χ0) is 13.1. The van der Waals surface area contributed by atoms with E-state index in [2.05, 4.69) is 12.2 Å². The van der Waals surface area contributed by atoms with Crippen molar-refractivity contribution in [3.05, 3.63) is 24.3 Å². The summed E-state index contributed by atoms with van der Waals surface area (Å²) in [5.41, 5.74) is 0. The van der Waals surface area contributed by atoms with Crippen LogP contribution in [0.4, 0.5) is 0 Å². The van der Waals surface area contributed by atoms with Gasteiger partial charge in [0, 0.05) is 6.54 Å². The molecule has 0 aliphatic rings. The molecule has 0 aliphatic carbocycles. The molecule has 0 radical (unpaired) electrons. The van der Waals surface area contributed by atoms with Gasteiger partial charge in [-0.15, -0.1) is 0 Å². The van der Waals surface area contributed by atoms with Gasteiger partial charge in [0.1, 0.15) is 18.1 Å². The van der Waals surface area contributed by atoms with Crippen LogP contribution in [0.1, 0.15) is 13.3 Å². The first-order valence-electron chi connectivity index (χ1n) is 6.42. The van der Waals surface area contributed by atoms with E-state index in [4.69, 9.17) is 9.47 Å². The molecule has 1 aromatic rings. The summed E-state index contributed by atoms with van der Waals surface area (Å²) in [6.45, 7) is 4.86. The van der Waals surface area contributed by atoms with Crippen LogP contribution < -0.4 is 14.8 Å². The highest BCUT2D eigenvalue weighted by atomic mass is 32.2. The van der Waals surface area contributed by atoms with Crippen LogP contribution in [0.15, 0.2) is 24.3 Å². The molecule has 0 aliphatic heterocycles. The van der Waals surface area contributed by atoms with Crippen LogP contribution in [0.25, 0.3) is 0 Å². The number of methoxy groups -OCH3 is 1. The third-order valence-corrected chi connectivity index (χ3v) is 3.44. The van der Waals surface area contributed by atoms with Crippen molar-refractivity contribution in [2.45, 2.75) is 13.3 Å². The van der Waals surface area contributed by atoms with Gasteiger partial charge in [-0.1, -0.05) is 6.92 Å². The summed E-state index contributed by atoms with van der Waals surface area (Å²) >= 11 is 1.99. The van der Waals surface area contributed by atoms with Gasteiger partial charge in [0.2, 0.25) is 0 Å². The van der Waals surface area contributed by atoms with Crippen LogP contribution in [-0.2, 0) is 0 Å². The maximum Gasteiger partial charge on any atom is 0.119 e. The number of ether oxygens (including phenoxy) is 2. The lowest BCUT2D eigenvalue weighted by Crippen LogP contribution is -2.22. The van der Waals surface area contributed by atoms with Gasteiger partial charge in [0.25, 0.3) is 0 Å². The predicted molar refractivity (Wildman–Crippen MR) is 79.0 cm³/mol. The SMILES string of the molecule is CCSCCCNCCOc1ccc(OC)cc1. The number of hydrogen-bond acceptors (Lipinski definition) is 4. The molecule has 1 rings (SSSR count). The minimum Gasteiger partial charge on any atom is -0.497 e. The average molecular weight is 269 g/mol. The molecule has 0 unspecified atom stereocenters. The summed E-state index contributed by atoms with van der Waals surface area (Å²) in [5, 5.41) is 3.37. The third-order valence-electron chi connectivity index (χ3n) is 2.45. The number of rotatable bonds is 10. The monoisotopic (exact) mass is 269 g/mol. The van der Waals surface area contributed by atoms with E-state index in [1.165, 1.54) is 17.9 Å². The van der Waals surface area contributed by atoms with E-state index in [0.717, 1.165) is 24.6 Å². The van der Waals surface area contributed by atoms with E-state index in [1.807, 2.05) is 36.0 Å². The zero-order valence-electron chi connectivity index (χ0n) is 11.3. The van der Waals surface area contributed by atoms with Gasteiger partial charge in [-0.25, -0.2) is 0 Å². The van der Waals surface area contributed by atoms with Crippen LogP contribution in [0.3, 0.4) is 0 Å². The Morgan fingerprint density at radius 1 is 1.11 bits per heavy atom. The molecular formula is C14H23NO2S. The second-order valence-electron chi connectivity index (χ2n) is 3.82. The smallest absolute Gasteiger partial charge is 0.119 e. The first kappa shape index (κ1) is 15.2. The number of nitrogens with one attached hydrogen (secondary N) is 1. The summed E-state index contributed by atoms with van der Waals surface area (Å²) in [6.07, 6.45) is 1.22. The van der Waals surface area contributed by atoms with Crippen molar-refractivity contribution in [1.29, 1.82) is 0 Å². The van der Waals surface area contributed by atoms with Gasteiger partial charge >= 0.3 is 0 Å². The molecule has 0 saturated carbocycles. The van der Waals surface area contributed by atoms with Gasteiger partial charge in [-0.3, -0.25) is 0 Å². The Morgan fingerprint density at radius 3 is 2.50 bits per heavy atom. The van der Waals surface area contributed by atoms with Gasteiger partial charge in [-0.2, -0.15) is 11.8 Å². The fraction of sp³-hybridized carbons (Fsp3) is 0.571. The van der Waals surface area contributed by atoms with E-state index >= 15 is 0 Å². The topological polar surface area (TPSA) is 30.5 Å². The van der Waals surface area contributed by atoms with E-state index in [9.17, 15) is 0 Å². The highest BCUT2D eigenvalue weighted by molar-refractivity contribution is 7.99. The molecule has 1 aromatic carbocycles. The average Bonchev–Trinajstić information content (AvgIpc) is 2.42. The number of hydrogen-bond donors (Lipinski definition) is 1. The molecule has 0 amide bonds. The molecule has 3 nitrogen and oxygen atoms in total. The fourth-order valence-corrected chi connectivity index (χ4v) is 2.12. The quantitative estimate of drug-likeness (QED) is 0.662.